The van der Waals surface area contributed by atoms with E-state index in [1.807, 2.05) is 13.8 Å². The molecule has 0 aliphatic carbocycles. The van der Waals surface area contributed by atoms with Gasteiger partial charge in [-0.1, -0.05) is 20.3 Å². The van der Waals surface area contributed by atoms with Gasteiger partial charge >= 0.3 is 5.97 Å². The first-order chi connectivity index (χ1) is 6.91. The highest BCUT2D eigenvalue weighted by Gasteiger charge is 2.34. The minimum atomic E-state index is -1.06. The molecule has 0 spiro atoms. The van der Waals surface area contributed by atoms with Crippen LogP contribution in [-0.4, -0.2) is 16.2 Å². The molecule has 0 radical (unpaired) electrons. The predicted octanol–water partition coefficient (Wildman–Crippen LogP) is 2.70. The first kappa shape index (κ1) is 12.2. The number of hydrogen-bond acceptors (Lipinski definition) is 3. The predicted molar refractivity (Wildman–Crippen MR) is 60.3 cm³/mol. The Morgan fingerprint density at radius 3 is 2.73 bits per heavy atom. The Hall–Kier alpha value is -0.870. The smallest absolute Gasteiger partial charge is 0.336 e. The zero-order valence-corrected chi connectivity index (χ0v) is 9.97. The van der Waals surface area contributed by atoms with Gasteiger partial charge in [0.1, 0.15) is 0 Å². The molecule has 15 heavy (non-hydrogen) atoms. The highest BCUT2D eigenvalue weighted by molar-refractivity contribution is 7.10. The van der Waals surface area contributed by atoms with E-state index >= 15 is 0 Å². The van der Waals surface area contributed by atoms with E-state index in [9.17, 15) is 9.90 Å². The average molecular weight is 228 g/mol. The van der Waals surface area contributed by atoms with Crippen LogP contribution in [0.25, 0.3) is 0 Å². The molecule has 3 nitrogen and oxygen atoms in total. The molecule has 1 aromatic rings. The molecule has 84 valence electrons. The number of hydrogen-bond donors (Lipinski definition) is 2. The molecule has 2 N–H and O–H groups in total. The minimum Gasteiger partial charge on any atom is -0.478 e. The van der Waals surface area contributed by atoms with Gasteiger partial charge in [-0.25, -0.2) is 4.79 Å². The zero-order chi connectivity index (χ0) is 11.6. The van der Waals surface area contributed by atoms with Crippen molar-refractivity contribution in [3.8, 4) is 0 Å². The maximum absolute atomic E-state index is 10.9. The molecule has 0 aromatic carbocycles. The Morgan fingerprint density at radius 2 is 2.27 bits per heavy atom. The highest BCUT2D eigenvalue weighted by atomic mass is 32.1. The molecule has 0 bridgehead atoms. The second-order valence-corrected chi connectivity index (χ2v) is 4.84. The Labute approximate surface area is 93.4 Å². The number of carboxylic acid groups (broad SMARTS) is 1. The molecule has 2 unspecified atom stereocenters. The quantitative estimate of drug-likeness (QED) is 0.833. The van der Waals surface area contributed by atoms with Crippen molar-refractivity contribution in [2.24, 2.45) is 5.92 Å². The second-order valence-electron chi connectivity index (χ2n) is 3.93. The summed E-state index contributed by atoms with van der Waals surface area (Å²) in [6, 6.07) is 1.54. The standard InChI is InChI=1S/C11H16O3S/c1-4-7(2)11(3,14)9-8(10(12)13)5-6-15-9/h5-7,14H,4H2,1-3H3,(H,12,13). The topological polar surface area (TPSA) is 57.5 Å². The van der Waals surface area contributed by atoms with Crippen LogP contribution in [0.1, 0.15) is 42.4 Å². The average Bonchev–Trinajstić information content (AvgIpc) is 2.65. The lowest BCUT2D eigenvalue weighted by Crippen LogP contribution is -2.30. The van der Waals surface area contributed by atoms with E-state index in [2.05, 4.69) is 0 Å². The number of aromatic carboxylic acids is 1. The van der Waals surface area contributed by atoms with Crippen molar-refractivity contribution >= 4 is 17.3 Å². The molecule has 0 aliphatic rings. The van der Waals surface area contributed by atoms with Gasteiger partial charge in [0.05, 0.1) is 16.0 Å². The van der Waals surface area contributed by atoms with Gasteiger partial charge in [0.2, 0.25) is 0 Å². The van der Waals surface area contributed by atoms with Gasteiger partial charge in [0.15, 0.2) is 0 Å². The van der Waals surface area contributed by atoms with Crippen LogP contribution in [0.5, 0.6) is 0 Å². The van der Waals surface area contributed by atoms with Crippen LogP contribution in [0.15, 0.2) is 11.4 Å². The fourth-order valence-corrected chi connectivity index (χ4v) is 2.55. The van der Waals surface area contributed by atoms with Crippen LogP contribution in [0.2, 0.25) is 0 Å². The number of carboxylic acids is 1. The molecule has 2 atom stereocenters. The number of rotatable bonds is 4. The van der Waals surface area contributed by atoms with Gasteiger partial charge < -0.3 is 10.2 Å². The first-order valence-corrected chi connectivity index (χ1v) is 5.82. The monoisotopic (exact) mass is 228 g/mol. The zero-order valence-electron chi connectivity index (χ0n) is 9.15. The summed E-state index contributed by atoms with van der Waals surface area (Å²) in [5.41, 5.74) is -0.846. The minimum absolute atomic E-state index is 0.0363. The van der Waals surface area contributed by atoms with Gasteiger partial charge in [-0.05, 0) is 24.3 Å². The summed E-state index contributed by atoms with van der Waals surface area (Å²) in [6.07, 6.45) is 0.809. The van der Waals surface area contributed by atoms with Crippen LogP contribution >= 0.6 is 11.3 Å². The summed E-state index contributed by atoms with van der Waals surface area (Å²) in [6.45, 7) is 5.58. The molecule has 0 saturated heterocycles. The van der Waals surface area contributed by atoms with E-state index in [4.69, 9.17) is 5.11 Å². The third-order valence-electron chi connectivity index (χ3n) is 2.93. The first-order valence-electron chi connectivity index (χ1n) is 4.94. The molecule has 1 heterocycles. The van der Waals surface area contributed by atoms with Crippen molar-refractivity contribution in [1.82, 2.24) is 0 Å². The normalized spacial score (nSPS) is 17.1. The summed E-state index contributed by atoms with van der Waals surface area (Å²) in [7, 11) is 0. The van der Waals surface area contributed by atoms with Crippen molar-refractivity contribution in [2.45, 2.75) is 32.8 Å². The maximum atomic E-state index is 10.9. The van der Waals surface area contributed by atoms with Gasteiger partial charge in [-0.2, -0.15) is 0 Å². The van der Waals surface area contributed by atoms with E-state index in [1.54, 1.807) is 18.4 Å². The fraction of sp³-hybridized carbons (Fsp3) is 0.545. The lowest BCUT2D eigenvalue weighted by molar-refractivity contribution is 0.00220. The fourth-order valence-electron chi connectivity index (χ4n) is 1.49. The van der Waals surface area contributed by atoms with Gasteiger partial charge in [-0.3, -0.25) is 0 Å². The number of thiophene rings is 1. The molecule has 0 saturated carbocycles. The third-order valence-corrected chi connectivity index (χ3v) is 4.07. The van der Waals surface area contributed by atoms with Crippen molar-refractivity contribution in [3.63, 3.8) is 0 Å². The summed E-state index contributed by atoms with van der Waals surface area (Å²) in [5, 5.41) is 21.0. The van der Waals surface area contributed by atoms with Gasteiger partial charge in [0, 0.05) is 0 Å². The summed E-state index contributed by atoms with van der Waals surface area (Å²) < 4.78 is 0. The van der Waals surface area contributed by atoms with Crippen LogP contribution in [0.4, 0.5) is 0 Å². The molecule has 0 amide bonds. The van der Waals surface area contributed by atoms with Gasteiger partial charge in [0.25, 0.3) is 0 Å². The highest BCUT2D eigenvalue weighted by Crippen LogP contribution is 2.36. The van der Waals surface area contributed by atoms with Crippen LogP contribution in [0.3, 0.4) is 0 Å². The molecule has 0 aliphatic heterocycles. The van der Waals surface area contributed by atoms with Crippen LogP contribution < -0.4 is 0 Å². The van der Waals surface area contributed by atoms with Crippen molar-refractivity contribution in [3.05, 3.63) is 21.9 Å². The van der Waals surface area contributed by atoms with Crippen LogP contribution in [-0.2, 0) is 5.60 Å². The van der Waals surface area contributed by atoms with Crippen LogP contribution in [0, 0.1) is 5.92 Å². The molecule has 1 aromatic heterocycles. The Balaban J connectivity index is 3.14. The van der Waals surface area contributed by atoms with Gasteiger partial charge in [-0.15, -0.1) is 11.3 Å². The van der Waals surface area contributed by atoms with E-state index in [1.165, 1.54) is 11.3 Å². The summed E-state index contributed by atoms with van der Waals surface area (Å²) >= 11 is 1.30. The largest absolute Gasteiger partial charge is 0.478 e. The summed E-state index contributed by atoms with van der Waals surface area (Å²) in [5.74, 6) is -0.941. The van der Waals surface area contributed by atoms with E-state index in [-0.39, 0.29) is 11.5 Å². The van der Waals surface area contributed by atoms with E-state index in [0.717, 1.165) is 6.42 Å². The lowest BCUT2D eigenvalue weighted by Gasteiger charge is -2.29. The van der Waals surface area contributed by atoms with Crippen molar-refractivity contribution in [1.29, 1.82) is 0 Å². The Morgan fingerprint density at radius 1 is 1.67 bits per heavy atom. The SMILES string of the molecule is CCC(C)C(C)(O)c1sccc1C(=O)O. The number of aliphatic hydroxyl groups is 1. The van der Waals surface area contributed by atoms with E-state index in [0.29, 0.717) is 4.88 Å². The number of carbonyl (C=O) groups is 1. The maximum Gasteiger partial charge on any atom is 0.336 e. The second kappa shape index (κ2) is 4.33. The molecule has 4 heteroatoms. The molecule has 1 rings (SSSR count). The van der Waals surface area contributed by atoms with Crippen molar-refractivity contribution in [2.75, 3.05) is 0 Å². The van der Waals surface area contributed by atoms with E-state index < -0.39 is 11.6 Å². The Bertz CT molecular complexity index is 354. The van der Waals surface area contributed by atoms with Crippen molar-refractivity contribution < 1.29 is 15.0 Å². The summed E-state index contributed by atoms with van der Waals surface area (Å²) in [4.78, 5) is 11.5. The molecular formula is C11H16O3S. The molecular weight excluding hydrogens is 212 g/mol. The lowest BCUT2D eigenvalue weighted by atomic mass is 9.86. The third kappa shape index (κ3) is 2.21. The Kier molecular flexibility index (Phi) is 3.52. The molecule has 0 fully saturated rings.